The van der Waals surface area contributed by atoms with E-state index in [4.69, 9.17) is 18.9 Å². The zero-order valence-corrected chi connectivity index (χ0v) is 27.8. The third kappa shape index (κ3) is 8.29. The molecule has 4 aromatic rings. The zero-order valence-electron chi connectivity index (χ0n) is 27.8. The average molecular weight is 628 g/mol. The van der Waals surface area contributed by atoms with Gasteiger partial charge in [-0.1, -0.05) is 74.6 Å². The smallest absolute Gasteiger partial charge is 0.268 e. The summed E-state index contributed by atoms with van der Waals surface area (Å²) in [6.07, 6.45) is 8.10. The van der Waals surface area contributed by atoms with Gasteiger partial charge in [-0.15, -0.1) is 0 Å². The Labute approximate surface area is 273 Å². The molecule has 0 aliphatic heterocycles. The minimum absolute atomic E-state index is 0.000579. The number of para-hydroxylation sites is 1. The molecule has 1 fully saturated rings. The van der Waals surface area contributed by atoms with Crippen molar-refractivity contribution >= 4 is 16.8 Å². The lowest BCUT2D eigenvalue weighted by Crippen LogP contribution is -2.37. The summed E-state index contributed by atoms with van der Waals surface area (Å²) < 4.78 is 23.9. The van der Waals surface area contributed by atoms with Crippen LogP contribution >= 0.6 is 0 Å². The van der Waals surface area contributed by atoms with Gasteiger partial charge in [0.15, 0.2) is 13.6 Å². The van der Waals surface area contributed by atoms with Gasteiger partial charge in [-0.2, -0.15) is 0 Å². The molecular formula is C38H49N3O5. The molecule has 1 N–H and O–H groups in total. The van der Waals surface area contributed by atoms with Gasteiger partial charge >= 0.3 is 0 Å². The number of hydrogen-bond donors (Lipinski definition) is 1. The molecule has 1 amide bonds. The van der Waals surface area contributed by atoms with Gasteiger partial charge in [-0.25, -0.2) is 0 Å². The molecular weight excluding hydrogens is 578 g/mol. The molecule has 46 heavy (non-hydrogen) atoms. The summed E-state index contributed by atoms with van der Waals surface area (Å²) in [6.45, 7) is 1.86. The van der Waals surface area contributed by atoms with Gasteiger partial charge in [0.25, 0.3) is 5.91 Å². The number of amides is 1. The Morgan fingerprint density at radius 1 is 0.804 bits per heavy atom. The van der Waals surface area contributed by atoms with Gasteiger partial charge in [0, 0.05) is 55.7 Å². The van der Waals surface area contributed by atoms with Gasteiger partial charge in [0.2, 0.25) is 0 Å². The largest absolute Gasteiger partial charge is 0.468 e. The Bertz CT molecular complexity index is 1470. The third-order valence-corrected chi connectivity index (χ3v) is 8.84. The molecule has 0 atom stereocenters. The second-order valence-corrected chi connectivity index (χ2v) is 12.4. The van der Waals surface area contributed by atoms with Crippen molar-refractivity contribution in [1.29, 1.82) is 0 Å². The molecule has 0 bridgehead atoms. The number of aromatic nitrogens is 1. The first kappa shape index (κ1) is 33.5. The van der Waals surface area contributed by atoms with Crippen molar-refractivity contribution in [2.75, 3.05) is 48.4 Å². The molecule has 8 heteroatoms. The quantitative estimate of drug-likeness (QED) is 0.149. The van der Waals surface area contributed by atoms with Crippen LogP contribution in [0.5, 0.6) is 11.5 Å². The Balaban J connectivity index is 1.67. The Morgan fingerprint density at radius 3 is 1.89 bits per heavy atom. The van der Waals surface area contributed by atoms with E-state index in [2.05, 4.69) is 77.4 Å². The van der Waals surface area contributed by atoms with E-state index in [1.54, 1.807) is 14.2 Å². The van der Waals surface area contributed by atoms with E-state index < -0.39 is 0 Å². The SMILES string of the molecule is COCOc1ccc(C(c2ccc(OCOC)cc2)c2c(C(=O)NC3CCCCCCC3)n(CCN(C)C)c3ccccc23)cc1. The van der Waals surface area contributed by atoms with Crippen molar-refractivity contribution in [1.82, 2.24) is 14.8 Å². The minimum Gasteiger partial charge on any atom is -0.468 e. The maximum Gasteiger partial charge on any atom is 0.268 e. The molecule has 0 saturated heterocycles. The van der Waals surface area contributed by atoms with Gasteiger partial charge in [-0.3, -0.25) is 4.79 Å². The summed E-state index contributed by atoms with van der Waals surface area (Å²) in [4.78, 5) is 16.8. The molecule has 3 aromatic carbocycles. The number of hydrogen-bond acceptors (Lipinski definition) is 6. The second-order valence-electron chi connectivity index (χ2n) is 12.4. The highest BCUT2D eigenvalue weighted by Crippen LogP contribution is 2.41. The normalized spacial score (nSPS) is 14.4. The topological polar surface area (TPSA) is 74.2 Å². The second kappa shape index (κ2) is 16.6. The van der Waals surface area contributed by atoms with Crippen LogP contribution in [0, 0.1) is 0 Å². The molecule has 246 valence electrons. The number of nitrogens with zero attached hydrogens (tertiary/aromatic N) is 2. The van der Waals surface area contributed by atoms with Crippen molar-refractivity contribution in [2.24, 2.45) is 0 Å². The maximum atomic E-state index is 14.7. The van der Waals surface area contributed by atoms with Crippen LogP contribution in [0.2, 0.25) is 0 Å². The first-order valence-electron chi connectivity index (χ1n) is 16.5. The van der Waals surface area contributed by atoms with E-state index in [9.17, 15) is 4.79 Å². The standard InChI is InChI=1S/C38H49N3O5/c1-40(2)24-25-41-34-15-11-10-14-33(34)36(37(41)38(42)39-30-12-8-6-5-7-9-13-30)35(28-16-20-31(21-17-28)45-26-43-3)29-18-22-32(23-19-29)46-27-44-4/h10-11,14-23,30,35H,5-9,12-13,24-27H2,1-4H3,(H,39,42). The van der Waals surface area contributed by atoms with Crippen LogP contribution in [-0.2, 0) is 16.0 Å². The van der Waals surface area contributed by atoms with Crippen molar-refractivity contribution in [3.63, 3.8) is 0 Å². The average Bonchev–Trinajstić information content (AvgIpc) is 3.38. The zero-order chi connectivity index (χ0) is 32.3. The van der Waals surface area contributed by atoms with E-state index in [1.165, 1.54) is 19.3 Å². The molecule has 0 spiro atoms. The monoisotopic (exact) mass is 627 g/mol. The number of fused-ring (bicyclic) bond motifs is 1. The van der Waals surface area contributed by atoms with Crippen LogP contribution in [0.25, 0.3) is 10.9 Å². The number of methoxy groups -OCH3 is 2. The maximum absolute atomic E-state index is 14.7. The fourth-order valence-corrected chi connectivity index (χ4v) is 6.55. The first-order chi connectivity index (χ1) is 22.5. The highest BCUT2D eigenvalue weighted by atomic mass is 16.7. The molecule has 0 unspecified atom stereocenters. The lowest BCUT2D eigenvalue weighted by atomic mass is 9.83. The van der Waals surface area contributed by atoms with Crippen LogP contribution in [0.3, 0.4) is 0 Å². The lowest BCUT2D eigenvalue weighted by Gasteiger charge is -2.25. The van der Waals surface area contributed by atoms with Crippen molar-refractivity contribution in [3.8, 4) is 11.5 Å². The Hall–Kier alpha value is -3.85. The van der Waals surface area contributed by atoms with Crippen LogP contribution in [0.4, 0.5) is 0 Å². The van der Waals surface area contributed by atoms with Gasteiger partial charge in [0.1, 0.15) is 17.2 Å². The molecule has 1 aromatic heterocycles. The predicted octanol–water partition coefficient (Wildman–Crippen LogP) is 7.19. The summed E-state index contributed by atoms with van der Waals surface area (Å²) in [7, 11) is 7.37. The molecule has 0 radical (unpaired) electrons. The summed E-state index contributed by atoms with van der Waals surface area (Å²) in [5.74, 6) is 1.23. The summed E-state index contributed by atoms with van der Waals surface area (Å²) in [5.41, 5.74) is 4.92. The number of rotatable bonds is 14. The van der Waals surface area contributed by atoms with Gasteiger partial charge in [-0.05, 0) is 68.4 Å². The number of carbonyl (C=O) groups is 1. The van der Waals surface area contributed by atoms with E-state index in [0.29, 0.717) is 6.54 Å². The van der Waals surface area contributed by atoms with E-state index in [1.807, 2.05) is 24.3 Å². The fourth-order valence-electron chi connectivity index (χ4n) is 6.55. The summed E-state index contributed by atoms with van der Waals surface area (Å²) in [6, 6.07) is 24.8. The van der Waals surface area contributed by atoms with Crippen molar-refractivity contribution in [2.45, 2.75) is 63.5 Å². The number of carbonyl (C=O) groups excluding carboxylic acids is 1. The van der Waals surface area contributed by atoms with Crippen LogP contribution < -0.4 is 14.8 Å². The van der Waals surface area contributed by atoms with Crippen LogP contribution in [0.1, 0.15) is 78.0 Å². The first-order valence-corrected chi connectivity index (χ1v) is 16.5. The molecule has 1 heterocycles. The third-order valence-electron chi connectivity index (χ3n) is 8.84. The van der Waals surface area contributed by atoms with E-state index in [0.717, 1.165) is 77.0 Å². The fraction of sp³-hybridized carbons (Fsp3) is 0.447. The predicted molar refractivity (Wildman–Crippen MR) is 183 cm³/mol. The van der Waals surface area contributed by atoms with E-state index in [-0.39, 0.29) is 31.5 Å². The Morgan fingerprint density at radius 2 is 1.35 bits per heavy atom. The molecule has 1 saturated carbocycles. The number of benzene rings is 3. The molecule has 8 nitrogen and oxygen atoms in total. The summed E-state index contributed by atoms with van der Waals surface area (Å²) in [5, 5.41) is 4.59. The Kier molecular flexibility index (Phi) is 12.1. The number of likely N-dealkylation sites (N-methyl/N-ethyl adjacent to an activating group) is 1. The number of ether oxygens (including phenoxy) is 4. The molecule has 1 aliphatic rings. The lowest BCUT2D eigenvalue weighted by molar-refractivity contribution is 0.0509. The van der Waals surface area contributed by atoms with Crippen molar-refractivity contribution in [3.05, 3.63) is 95.2 Å². The number of nitrogens with one attached hydrogen (secondary N) is 1. The van der Waals surface area contributed by atoms with Crippen LogP contribution in [0.15, 0.2) is 72.8 Å². The molecule has 1 aliphatic carbocycles. The van der Waals surface area contributed by atoms with Crippen molar-refractivity contribution < 1.29 is 23.7 Å². The van der Waals surface area contributed by atoms with Crippen LogP contribution in [-0.4, -0.2) is 69.9 Å². The van der Waals surface area contributed by atoms with Gasteiger partial charge in [0.05, 0.1) is 0 Å². The van der Waals surface area contributed by atoms with E-state index >= 15 is 0 Å². The summed E-state index contributed by atoms with van der Waals surface area (Å²) >= 11 is 0. The highest BCUT2D eigenvalue weighted by Gasteiger charge is 2.31. The molecule has 5 rings (SSSR count). The van der Waals surface area contributed by atoms with Gasteiger partial charge < -0.3 is 33.7 Å². The minimum atomic E-state index is -0.225. The highest BCUT2D eigenvalue weighted by molar-refractivity contribution is 6.03.